The minimum atomic E-state index is 0.598. The average molecular weight is 293 g/mol. The van der Waals surface area contributed by atoms with E-state index in [1.165, 1.54) is 25.2 Å². The topological polar surface area (TPSA) is 50.3 Å². The van der Waals surface area contributed by atoms with E-state index in [0.29, 0.717) is 5.92 Å². The van der Waals surface area contributed by atoms with Gasteiger partial charge in [-0.15, -0.1) is 0 Å². The van der Waals surface area contributed by atoms with Crippen molar-refractivity contribution < 1.29 is 0 Å². The molecule has 2 heterocycles. The summed E-state index contributed by atoms with van der Waals surface area (Å²) in [6, 6.07) is 2.22. The highest BCUT2D eigenvalue weighted by atomic mass is 15.3. The lowest BCUT2D eigenvalue weighted by Gasteiger charge is -2.24. The number of hydrogen-bond acceptors (Lipinski definition) is 4. The van der Waals surface area contributed by atoms with Gasteiger partial charge in [0.1, 0.15) is 0 Å². The Kier molecular flexibility index (Phi) is 6.21. The van der Waals surface area contributed by atoms with E-state index in [0.717, 1.165) is 45.0 Å². The summed E-state index contributed by atoms with van der Waals surface area (Å²) in [7, 11) is 0. The molecule has 0 amide bonds. The van der Waals surface area contributed by atoms with E-state index < -0.39 is 0 Å². The van der Waals surface area contributed by atoms with E-state index in [4.69, 9.17) is 5.73 Å². The highest BCUT2D eigenvalue weighted by Crippen LogP contribution is 2.11. The van der Waals surface area contributed by atoms with Crippen molar-refractivity contribution in [3.8, 4) is 0 Å². The molecule has 0 spiro atoms. The second-order valence-corrected chi connectivity index (χ2v) is 6.36. The SMILES string of the molecule is CCn1nc(C)cc1CN1CCCN(CC(C)CN)CC1. The largest absolute Gasteiger partial charge is 0.330 e. The van der Waals surface area contributed by atoms with Gasteiger partial charge in [0.25, 0.3) is 0 Å². The number of nitrogens with two attached hydrogens (primary N) is 1. The Bertz CT molecular complexity index is 428. The number of aryl methyl sites for hydroxylation is 2. The van der Waals surface area contributed by atoms with Crippen LogP contribution in [0.5, 0.6) is 0 Å². The lowest BCUT2D eigenvalue weighted by atomic mass is 10.1. The van der Waals surface area contributed by atoms with Gasteiger partial charge in [-0.05, 0) is 51.9 Å². The zero-order chi connectivity index (χ0) is 15.2. The maximum atomic E-state index is 5.75. The van der Waals surface area contributed by atoms with Gasteiger partial charge in [0.05, 0.1) is 11.4 Å². The van der Waals surface area contributed by atoms with Crippen LogP contribution < -0.4 is 5.73 Å². The second-order valence-electron chi connectivity index (χ2n) is 6.36. The third kappa shape index (κ3) is 4.80. The smallest absolute Gasteiger partial charge is 0.0597 e. The van der Waals surface area contributed by atoms with Crippen LogP contribution in [0, 0.1) is 12.8 Å². The summed E-state index contributed by atoms with van der Waals surface area (Å²) in [4.78, 5) is 5.13. The minimum Gasteiger partial charge on any atom is -0.330 e. The molecule has 2 rings (SSSR count). The number of hydrogen-bond donors (Lipinski definition) is 1. The monoisotopic (exact) mass is 293 g/mol. The van der Waals surface area contributed by atoms with Crippen LogP contribution in [0.3, 0.4) is 0 Å². The maximum absolute atomic E-state index is 5.75. The van der Waals surface area contributed by atoms with Crippen molar-refractivity contribution in [1.82, 2.24) is 19.6 Å². The fourth-order valence-electron chi connectivity index (χ4n) is 3.11. The predicted molar refractivity (Wildman–Crippen MR) is 87.2 cm³/mol. The molecular formula is C16H31N5. The van der Waals surface area contributed by atoms with Crippen molar-refractivity contribution in [2.75, 3.05) is 39.3 Å². The Balaban J connectivity index is 1.88. The first-order valence-corrected chi connectivity index (χ1v) is 8.30. The van der Waals surface area contributed by atoms with Crippen LogP contribution in [0.1, 0.15) is 31.7 Å². The third-order valence-electron chi connectivity index (χ3n) is 4.32. The van der Waals surface area contributed by atoms with Crippen LogP contribution in [0.15, 0.2) is 6.07 Å². The summed E-state index contributed by atoms with van der Waals surface area (Å²) < 4.78 is 2.13. The number of aromatic nitrogens is 2. The summed E-state index contributed by atoms with van der Waals surface area (Å²) in [5.74, 6) is 0.598. The predicted octanol–water partition coefficient (Wildman–Crippen LogP) is 1.31. The van der Waals surface area contributed by atoms with E-state index in [-0.39, 0.29) is 0 Å². The van der Waals surface area contributed by atoms with Crippen molar-refractivity contribution >= 4 is 0 Å². The molecule has 21 heavy (non-hydrogen) atoms. The Morgan fingerprint density at radius 3 is 2.67 bits per heavy atom. The molecule has 0 aliphatic carbocycles. The highest BCUT2D eigenvalue weighted by molar-refractivity contribution is 5.09. The number of rotatable bonds is 6. The van der Waals surface area contributed by atoms with Gasteiger partial charge in [-0.3, -0.25) is 9.58 Å². The Morgan fingerprint density at radius 1 is 1.24 bits per heavy atom. The molecule has 120 valence electrons. The normalized spacial score (nSPS) is 19.6. The Morgan fingerprint density at radius 2 is 1.95 bits per heavy atom. The highest BCUT2D eigenvalue weighted by Gasteiger charge is 2.17. The molecule has 1 atom stereocenters. The van der Waals surface area contributed by atoms with Gasteiger partial charge in [-0.1, -0.05) is 6.92 Å². The van der Waals surface area contributed by atoms with Crippen LogP contribution in [-0.4, -0.2) is 58.8 Å². The lowest BCUT2D eigenvalue weighted by Crippen LogP contribution is -2.35. The molecule has 0 aromatic carbocycles. The summed E-state index contributed by atoms with van der Waals surface area (Å²) in [5.41, 5.74) is 8.22. The van der Waals surface area contributed by atoms with Gasteiger partial charge in [-0.2, -0.15) is 5.10 Å². The molecule has 0 bridgehead atoms. The van der Waals surface area contributed by atoms with Crippen molar-refractivity contribution in [2.45, 2.75) is 40.3 Å². The molecule has 1 aromatic rings. The molecule has 1 aliphatic rings. The standard InChI is InChI=1S/C16H31N5/c1-4-21-16(10-15(3)18-21)13-20-7-5-6-19(8-9-20)12-14(2)11-17/h10,14H,4-9,11-13,17H2,1-3H3. The van der Waals surface area contributed by atoms with Crippen molar-refractivity contribution in [3.05, 3.63) is 17.5 Å². The molecule has 0 radical (unpaired) electrons. The summed E-state index contributed by atoms with van der Waals surface area (Å²) in [6.45, 7) is 15.1. The van der Waals surface area contributed by atoms with E-state index >= 15 is 0 Å². The summed E-state index contributed by atoms with van der Waals surface area (Å²) in [6.07, 6.45) is 1.25. The van der Waals surface area contributed by atoms with Crippen molar-refractivity contribution in [1.29, 1.82) is 0 Å². The molecule has 1 aromatic heterocycles. The minimum absolute atomic E-state index is 0.598. The molecular weight excluding hydrogens is 262 g/mol. The first-order chi connectivity index (χ1) is 10.1. The van der Waals surface area contributed by atoms with E-state index in [2.05, 4.69) is 46.4 Å². The van der Waals surface area contributed by atoms with Gasteiger partial charge in [0.2, 0.25) is 0 Å². The van der Waals surface area contributed by atoms with Gasteiger partial charge < -0.3 is 10.6 Å². The van der Waals surface area contributed by atoms with E-state index in [1.54, 1.807) is 0 Å². The second kappa shape index (κ2) is 7.92. The van der Waals surface area contributed by atoms with Crippen LogP contribution in [0.25, 0.3) is 0 Å². The van der Waals surface area contributed by atoms with Gasteiger partial charge >= 0.3 is 0 Å². The molecule has 5 nitrogen and oxygen atoms in total. The van der Waals surface area contributed by atoms with Crippen LogP contribution in [-0.2, 0) is 13.1 Å². The van der Waals surface area contributed by atoms with Gasteiger partial charge in [0.15, 0.2) is 0 Å². The first kappa shape index (κ1) is 16.5. The van der Waals surface area contributed by atoms with E-state index in [1.807, 2.05) is 0 Å². The molecule has 5 heteroatoms. The summed E-state index contributed by atoms with van der Waals surface area (Å²) in [5, 5.41) is 4.55. The molecule has 1 fully saturated rings. The Hall–Kier alpha value is -0.910. The molecule has 1 unspecified atom stereocenters. The molecule has 2 N–H and O–H groups in total. The molecule has 1 saturated heterocycles. The first-order valence-electron chi connectivity index (χ1n) is 8.30. The lowest BCUT2D eigenvalue weighted by molar-refractivity contribution is 0.229. The fraction of sp³-hybridized carbons (Fsp3) is 0.812. The van der Waals surface area contributed by atoms with Gasteiger partial charge in [0, 0.05) is 32.7 Å². The zero-order valence-corrected chi connectivity index (χ0v) is 13.9. The van der Waals surface area contributed by atoms with E-state index in [9.17, 15) is 0 Å². The zero-order valence-electron chi connectivity index (χ0n) is 13.9. The van der Waals surface area contributed by atoms with Crippen molar-refractivity contribution in [3.63, 3.8) is 0 Å². The van der Waals surface area contributed by atoms with Crippen LogP contribution in [0.4, 0.5) is 0 Å². The van der Waals surface area contributed by atoms with Crippen LogP contribution >= 0.6 is 0 Å². The summed E-state index contributed by atoms with van der Waals surface area (Å²) >= 11 is 0. The molecule has 0 saturated carbocycles. The van der Waals surface area contributed by atoms with Crippen LogP contribution in [0.2, 0.25) is 0 Å². The van der Waals surface area contributed by atoms with Gasteiger partial charge in [-0.25, -0.2) is 0 Å². The Labute approximate surface area is 129 Å². The average Bonchev–Trinajstić information content (AvgIpc) is 2.68. The molecule has 1 aliphatic heterocycles. The fourth-order valence-corrected chi connectivity index (χ4v) is 3.11. The number of nitrogens with zero attached hydrogens (tertiary/aromatic N) is 4. The maximum Gasteiger partial charge on any atom is 0.0597 e. The van der Waals surface area contributed by atoms with Crippen molar-refractivity contribution in [2.24, 2.45) is 11.7 Å². The third-order valence-corrected chi connectivity index (χ3v) is 4.32. The quantitative estimate of drug-likeness (QED) is 0.859.